The van der Waals surface area contributed by atoms with Crippen molar-refractivity contribution in [2.45, 2.75) is 322 Å². The first-order valence-electron chi connectivity index (χ1n) is 33.4. The Morgan fingerprint density at radius 2 is 0.519 bits per heavy atom. The third-order valence-corrected chi connectivity index (χ3v) is 14.3. The van der Waals surface area contributed by atoms with Crippen LogP contribution >= 0.6 is 0 Å². The van der Waals surface area contributed by atoms with Crippen molar-refractivity contribution < 1.29 is 28.6 Å². The minimum absolute atomic E-state index is 0.0992. The lowest BCUT2D eigenvalue weighted by atomic mass is 10.0. The monoisotopic (exact) mass is 1100 g/mol. The highest BCUT2D eigenvalue weighted by Crippen LogP contribution is 2.17. The van der Waals surface area contributed by atoms with E-state index in [1.54, 1.807) is 0 Å². The minimum Gasteiger partial charge on any atom is -0.462 e. The molecule has 0 fully saturated rings. The number of carbonyl (C=O) groups is 3. The highest BCUT2D eigenvalue weighted by Gasteiger charge is 2.19. The van der Waals surface area contributed by atoms with E-state index in [1.165, 1.54) is 180 Å². The smallest absolute Gasteiger partial charge is 0.306 e. The summed E-state index contributed by atoms with van der Waals surface area (Å²) < 4.78 is 16.9. The molecule has 0 amide bonds. The van der Waals surface area contributed by atoms with Crippen LogP contribution in [-0.4, -0.2) is 37.2 Å². The van der Waals surface area contributed by atoms with Crippen LogP contribution in [0.2, 0.25) is 0 Å². The molecule has 0 aliphatic rings. The second kappa shape index (κ2) is 66.6. The molecule has 0 N–H and O–H groups in total. The van der Waals surface area contributed by atoms with Gasteiger partial charge in [0.15, 0.2) is 6.10 Å². The molecule has 0 radical (unpaired) electrons. The Bertz CT molecular complexity index is 1590. The third kappa shape index (κ3) is 64.8. The van der Waals surface area contributed by atoms with Crippen LogP contribution in [0.4, 0.5) is 0 Å². The van der Waals surface area contributed by atoms with E-state index in [0.717, 1.165) is 89.9 Å². The van der Waals surface area contributed by atoms with Gasteiger partial charge in [-0.1, -0.05) is 297 Å². The van der Waals surface area contributed by atoms with Gasteiger partial charge < -0.3 is 14.2 Å². The lowest BCUT2D eigenvalue weighted by Crippen LogP contribution is -2.30. The molecular weight excluding hydrogens is 973 g/mol. The van der Waals surface area contributed by atoms with Gasteiger partial charge in [-0.25, -0.2) is 0 Å². The maximum Gasteiger partial charge on any atom is 0.306 e. The van der Waals surface area contributed by atoms with Crippen LogP contribution in [0.3, 0.4) is 0 Å². The maximum absolute atomic E-state index is 12.9. The van der Waals surface area contributed by atoms with Gasteiger partial charge in [-0.3, -0.25) is 14.4 Å². The van der Waals surface area contributed by atoms with E-state index < -0.39 is 6.10 Å². The van der Waals surface area contributed by atoms with Crippen LogP contribution in [0, 0.1) is 0 Å². The molecule has 6 nitrogen and oxygen atoms in total. The van der Waals surface area contributed by atoms with E-state index >= 15 is 0 Å². The van der Waals surface area contributed by atoms with E-state index in [4.69, 9.17) is 14.2 Å². The van der Waals surface area contributed by atoms with Crippen molar-refractivity contribution in [3.63, 3.8) is 0 Å². The normalized spacial score (nSPS) is 12.8. The van der Waals surface area contributed by atoms with Gasteiger partial charge in [0.2, 0.25) is 0 Å². The van der Waals surface area contributed by atoms with Crippen molar-refractivity contribution >= 4 is 17.9 Å². The van der Waals surface area contributed by atoms with Gasteiger partial charge >= 0.3 is 17.9 Å². The predicted octanol–water partition coefficient (Wildman–Crippen LogP) is 23.0. The summed E-state index contributed by atoms with van der Waals surface area (Å²) in [5.74, 6) is -0.976. The van der Waals surface area contributed by atoms with Crippen LogP contribution in [0.1, 0.15) is 316 Å². The van der Waals surface area contributed by atoms with Crippen LogP contribution in [0.5, 0.6) is 0 Å². The summed E-state index contributed by atoms with van der Waals surface area (Å²) in [5.41, 5.74) is 0. The van der Waals surface area contributed by atoms with Gasteiger partial charge in [0.05, 0.1) is 0 Å². The molecule has 0 aromatic carbocycles. The van der Waals surface area contributed by atoms with Crippen LogP contribution < -0.4 is 0 Å². The molecule has 0 aromatic heterocycles. The van der Waals surface area contributed by atoms with E-state index in [-0.39, 0.29) is 37.5 Å². The molecule has 0 rings (SSSR count). The summed E-state index contributed by atoms with van der Waals surface area (Å²) in [5, 5.41) is 0. The molecule has 0 heterocycles. The second-order valence-electron chi connectivity index (χ2n) is 22.0. The molecule has 6 heteroatoms. The Morgan fingerprint density at radius 3 is 0.861 bits per heavy atom. The predicted molar refractivity (Wildman–Crippen MR) is 343 cm³/mol. The van der Waals surface area contributed by atoms with Crippen LogP contribution in [0.15, 0.2) is 109 Å². The van der Waals surface area contributed by atoms with E-state index in [1.807, 2.05) is 6.08 Å². The van der Waals surface area contributed by atoms with Gasteiger partial charge in [0.25, 0.3) is 0 Å². The zero-order chi connectivity index (χ0) is 57.1. The quantitative estimate of drug-likeness (QED) is 0.0261. The molecule has 0 saturated heterocycles. The fourth-order valence-corrected chi connectivity index (χ4v) is 9.33. The lowest BCUT2D eigenvalue weighted by molar-refractivity contribution is -0.166. The molecule has 0 aliphatic carbocycles. The van der Waals surface area contributed by atoms with Crippen molar-refractivity contribution in [2.75, 3.05) is 13.2 Å². The zero-order valence-corrected chi connectivity index (χ0v) is 51.9. The van der Waals surface area contributed by atoms with Crippen molar-refractivity contribution in [2.24, 2.45) is 0 Å². The number of ether oxygens (including phenoxy) is 3. The number of rotatable bonds is 60. The first kappa shape index (κ1) is 75.1. The zero-order valence-electron chi connectivity index (χ0n) is 51.9. The summed E-state index contributed by atoms with van der Waals surface area (Å²) >= 11 is 0. The summed E-state index contributed by atoms with van der Waals surface area (Å²) in [6.07, 6.45) is 91.3. The molecule has 0 spiro atoms. The fraction of sp³-hybridized carbons (Fsp3) is 0.712. The summed E-state index contributed by atoms with van der Waals surface area (Å²) in [6, 6.07) is 0. The lowest BCUT2D eigenvalue weighted by Gasteiger charge is -2.18. The van der Waals surface area contributed by atoms with Crippen molar-refractivity contribution in [3.8, 4) is 0 Å². The molecule has 452 valence electrons. The maximum atomic E-state index is 12.9. The molecule has 0 saturated carbocycles. The van der Waals surface area contributed by atoms with Gasteiger partial charge in [0, 0.05) is 19.3 Å². The number of unbranched alkanes of at least 4 members (excludes halogenated alkanes) is 31. The number of carbonyl (C=O) groups excluding carboxylic acids is 3. The molecule has 1 unspecified atom stereocenters. The molecule has 0 bridgehead atoms. The summed E-state index contributed by atoms with van der Waals surface area (Å²) in [7, 11) is 0. The van der Waals surface area contributed by atoms with E-state index in [0.29, 0.717) is 19.3 Å². The summed E-state index contributed by atoms with van der Waals surface area (Å²) in [6.45, 7) is 6.37. The first-order chi connectivity index (χ1) is 39.0. The molecule has 0 aromatic rings. The first-order valence-corrected chi connectivity index (χ1v) is 33.4. The number of esters is 3. The Kier molecular flexibility index (Phi) is 63.3. The Morgan fingerprint density at radius 1 is 0.266 bits per heavy atom. The molecular formula is C73H124O6. The molecule has 1 atom stereocenters. The third-order valence-electron chi connectivity index (χ3n) is 14.3. The largest absolute Gasteiger partial charge is 0.462 e. The van der Waals surface area contributed by atoms with Crippen molar-refractivity contribution in [3.05, 3.63) is 109 Å². The minimum atomic E-state index is -0.809. The average Bonchev–Trinajstić information content (AvgIpc) is 3.45. The van der Waals surface area contributed by atoms with Crippen molar-refractivity contribution in [1.82, 2.24) is 0 Å². The second-order valence-corrected chi connectivity index (χ2v) is 22.0. The fourth-order valence-electron chi connectivity index (χ4n) is 9.33. The average molecular weight is 1100 g/mol. The standard InChI is InChI=1S/C73H124O6/c1-4-7-10-13-16-19-22-25-27-29-31-32-33-34-35-36-37-38-39-40-42-43-45-48-51-54-57-60-63-66-72(75)78-69-70(68-77-71(74)65-62-59-56-53-50-47-24-21-18-15-12-9-6-3)79-73(76)67-64-61-58-55-52-49-46-44-41-30-28-26-23-20-17-14-11-8-5-2/h7,9-10,12,16,18-19,21,25-28,31-32,47,50,56,59,70H,4-6,8,11,13-15,17,20,22-24,29-30,33-46,48-49,51-55,57-58,60-69H2,1-3H3/b10-7-,12-9-,19-16-,21-18-,27-25-,28-26-,32-31-,50-47-,59-56-. The highest BCUT2D eigenvalue weighted by molar-refractivity contribution is 5.71. The summed E-state index contributed by atoms with van der Waals surface area (Å²) in [4.78, 5) is 38.3. The number of hydrogen-bond donors (Lipinski definition) is 0. The van der Waals surface area contributed by atoms with Gasteiger partial charge in [-0.15, -0.1) is 0 Å². The number of allylic oxidation sites excluding steroid dienone is 18. The topological polar surface area (TPSA) is 78.9 Å². The molecule has 79 heavy (non-hydrogen) atoms. The molecule has 0 aliphatic heterocycles. The van der Waals surface area contributed by atoms with E-state index in [9.17, 15) is 14.4 Å². The Balaban J connectivity index is 4.28. The van der Waals surface area contributed by atoms with Gasteiger partial charge in [-0.05, 0) is 109 Å². The van der Waals surface area contributed by atoms with Crippen LogP contribution in [-0.2, 0) is 28.6 Å². The van der Waals surface area contributed by atoms with Gasteiger partial charge in [0.1, 0.15) is 13.2 Å². The Hall–Kier alpha value is -3.93. The van der Waals surface area contributed by atoms with Gasteiger partial charge in [-0.2, -0.15) is 0 Å². The van der Waals surface area contributed by atoms with E-state index in [2.05, 4.69) is 124 Å². The van der Waals surface area contributed by atoms with Crippen molar-refractivity contribution in [1.29, 1.82) is 0 Å². The van der Waals surface area contributed by atoms with Crippen LogP contribution in [0.25, 0.3) is 0 Å². The number of hydrogen-bond acceptors (Lipinski definition) is 6. The SMILES string of the molecule is CC/C=C\C/C=C\C/C=C\C/C=C\CCCCCCCCCCCCCCCCCCC(=O)OCC(COC(=O)CC/C=C\C/C=C\C/C=C\C/C=C\CC)OC(=O)CCCCCCCCCCC/C=C\CCCCCCCC. The highest BCUT2D eigenvalue weighted by atomic mass is 16.6. The Labute approximate surface area is 489 Å².